The third-order valence-electron chi connectivity index (χ3n) is 4.93. The van der Waals surface area contributed by atoms with Crippen LogP contribution in [0.3, 0.4) is 0 Å². The second kappa shape index (κ2) is 10.1. The van der Waals surface area contributed by atoms with Crippen molar-refractivity contribution in [3.05, 3.63) is 70.8 Å². The Bertz CT molecular complexity index is 881. The van der Waals surface area contributed by atoms with E-state index in [1.54, 1.807) is 24.3 Å². The maximum Gasteiger partial charge on any atom is 0.305 e. The summed E-state index contributed by atoms with van der Waals surface area (Å²) in [5.41, 5.74) is 3.18. The molecule has 0 aliphatic carbocycles. The number of carbonyl (C=O) groups is 3. The monoisotopic (exact) mass is 410 g/mol. The Kier molecular flexibility index (Phi) is 7.75. The normalized spacial score (nSPS) is 11.1. The molecule has 0 aromatic heterocycles. The largest absolute Gasteiger partial charge is 0.481 e. The Balaban J connectivity index is 1.94. The molecule has 2 amide bonds. The van der Waals surface area contributed by atoms with Crippen LogP contribution in [-0.4, -0.2) is 40.9 Å². The zero-order chi connectivity index (χ0) is 22.3. The Hall–Kier alpha value is -3.15. The molecule has 0 bridgehead atoms. The number of nitrogens with zero attached hydrogens (tertiary/aromatic N) is 1. The number of amides is 2. The molecule has 2 N–H and O–H groups in total. The molecule has 0 fully saturated rings. The molecule has 0 saturated carbocycles. The lowest BCUT2D eigenvalue weighted by molar-refractivity contribution is -0.137. The van der Waals surface area contributed by atoms with Gasteiger partial charge in [0.25, 0.3) is 11.8 Å². The van der Waals surface area contributed by atoms with E-state index >= 15 is 0 Å². The van der Waals surface area contributed by atoms with Crippen molar-refractivity contribution in [2.75, 3.05) is 13.1 Å². The zero-order valence-electron chi connectivity index (χ0n) is 18.1. The van der Waals surface area contributed by atoms with Crippen LogP contribution >= 0.6 is 0 Å². The smallest absolute Gasteiger partial charge is 0.305 e. The highest BCUT2D eigenvalue weighted by Crippen LogP contribution is 2.22. The van der Waals surface area contributed by atoms with Gasteiger partial charge >= 0.3 is 5.97 Å². The Labute approximate surface area is 177 Å². The summed E-state index contributed by atoms with van der Waals surface area (Å²) in [5.74, 6) is -1.28. The highest BCUT2D eigenvalue weighted by molar-refractivity contribution is 5.95. The van der Waals surface area contributed by atoms with Crippen molar-refractivity contribution in [3.63, 3.8) is 0 Å². The number of hydrogen-bond acceptors (Lipinski definition) is 3. The van der Waals surface area contributed by atoms with E-state index in [0.717, 1.165) is 5.56 Å². The van der Waals surface area contributed by atoms with Crippen LogP contribution in [0, 0.1) is 0 Å². The van der Waals surface area contributed by atoms with Crippen molar-refractivity contribution < 1.29 is 19.5 Å². The van der Waals surface area contributed by atoms with Crippen LogP contribution in [0.5, 0.6) is 0 Å². The third kappa shape index (κ3) is 6.44. The molecule has 2 aromatic carbocycles. The summed E-state index contributed by atoms with van der Waals surface area (Å²) < 4.78 is 0. The van der Waals surface area contributed by atoms with Crippen molar-refractivity contribution in [3.8, 4) is 0 Å². The van der Waals surface area contributed by atoms with E-state index < -0.39 is 5.97 Å². The summed E-state index contributed by atoms with van der Waals surface area (Å²) >= 11 is 0. The number of carbonyl (C=O) groups excluding carboxylic acids is 2. The lowest BCUT2D eigenvalue weighted by Crippen LogP contribution is -2.32. The standard InChI is InChI=1S/C24H30N2O4/c1-5-26(15-14-21(27)28)23(30)19-8-6-17(7-9-19)16-25-22(29)18-10-12-20(13-11-18)24(2,3)4/h6-13H,5,14-16H2,1-4H3,(H,25,29)(H,27,28). The van der Waals surface area contributed by atoms with E-state index in [0.29, 0.717) is 24.2 Å². The molecule has 0 heterocycles. The minimum atomic E-state index is -0.930. The van der Waals surface area contributed by atoms with Crippen LogP contribution in [0.1, 0.15) is 66.0 Å². The number of nitrogens with one attached hydrogen (secondary N) is 1. The number of rotatable bonds is 8. The molecule has 6 heteroatoms. The SMILES string of the molecule is CCN(CCC(=O)O)C(=O)c1ccc(CNC(=O)c2ccc(C(C)(C)C)cc2)cc1. The van der Waals surface area contributed by atoms with Gasteiger partial charge in [-0.1, -0.05) is 45.0 Å². The van der Waals surface area contributed by atoms with E-state index in [4.69, 9.17) is 5.11 Å². The maximum absolute atomic E-state index is 12.5. The fraction of sp³-hybridized carbons (Fsp3) is 0.375. The molecule has 0 spiro atoms. The van der Waals surface area contributed by atoms with Gasteiger partial charge in [-0.25, -0.2) is 0 Å². The fourth-order valence-electron chi connectivity index (χ4n) is 2.99. The summed E-state index contributed by atoms with van der Waals surface area (Å²) in [7, 11) is 0. The summed E-state index contributed by atoms with van der Waals surface area (Å²) in [6.07, 6.45) is -0.0829. The first kappa shape index (κ1) is 23.1. The topological polar surface area (TPSA) is 86.7 Å². The number of carboxylic acids is 1. The molecular weight excluding hydrogens is 380 g/mol. The predicted molar refractivity (Wildman–Crippen MR) is 117 cm³/mol. The molecule has 0 atom stereocenters. The van der Waals surface area contributed by atoms with E-state index in [1.165, 1.54) is 10.5 Å². The van der Waals surface area contributed by atoms with Gasteiger partial charge in [-0.05, 0) is 47.7 Å². The van der Waals surface area contributed by atoms with Crippen LogP contribution in [-0.2, 0) is 16.8 Å². The van der Waals surface area contributed by atoms with Crippen LogP contribution in [0.15, 0.2) is 48.5 Å². The molecule has 2 aromatic rings. The molecule has 0 radical (unpaired) electrons. The molecule has 30 heavy (non-hydrogen) atoms. The van der Waals surface area contributed by atoms with Crippen LogP contribution in [0.25, 0.3) is 0 Å². The Morgan fingerprint density at radius 2 is 1.50 bits per heavy atom. The molecule has 0 saturated heterocycles. The van der Waals surface area contributed by atoms with Gasteiger partial charge in [0, 0.05) is 30.8 Å². The molecule has 6 nitrogen and oxygen atoms in total. The summed E-state index contributed by atoms with van der Waals surface area (Å²) in [5, 5.41) is 11.7. The first-order valence-corrected chi connectivity index (χ1v) is 10.1. The van der Waals surface area contributed by atoms with Gasteiger partial charge in [0.05, 0.1) is 6.42 Å². The molecule has 0 aliphatic rings. The average Bonchev–Trinajstić information content (AvgIpc) is 2.72. The molecular formula is C24H30N2O4. The number of carboxylic acid groups (broad SMARTS) is 1. The Morgan fingerprint density at radius 1 is 0.933 bits per heavy atom. The van der Waals surface area contributed by atoms with Gasteiger partial charge in [-0.3, -0.25) is 14.4 Å². The lowest BCUT2D eigenvalue weighted by Gasteiger charge is -2.20. The summed E-state index contributed by atoms with van der Waals surface area (Å²) in [6.45, 7) is 9.17. The molecule has 2 rings (SSSR count). The number of aliphatic carboxylic acids is 1. The molecule has 0 aliphatic heterocycles. The first-order valence-electron chi connectivity index (χ1n) is 10.1. The first-order chi connectivity index (χ1) is 14.1. The van der Waals surface area contributed by atoms with Gasteiger partial charge in [-0.2, -0.15) is 0 Å². The van der Waals surface area contributed by atoms with Gasteiger partial charge < -0.3 is 15.3 Å². The van der Waals surface area contributed by atoms with Crippen LogP contribution in [0.2, 0.25) is 0 Å². The van der Waals surface area contributed by atoms with Gasteiger partial charge in [0.15, 0.2) is 0 Å². The van der Waals surface area contributed by atoms with Crippen molar-refractivity contribution in [2.45, 2.75) is 46.1 Å². The fourth-order valence-corrected chi connectivity index (χ4v) is 2.99. The molecule has 160 valence electrons. The molecule has 0 unspecified atom stereocenters. The predicted octanol–water partition coefficient (Wildman–Crippen LogP) is 3.85. The van der Waals surface area contributed by atoms with Gasteiger partial charge in [0.2, 0.25) is 0 Å². The Morgan fingerprint density at radius 3 is 2.00 bits per heavy atom. The van der Waals surface area contributed by atoms with Crippen LogP contribution in [0.4, 0.5) is 0 Å². The highest BCUT2D eigenvalue weighted by Gasteiger charge is 2.16. The zero-order valence-corrected chi connectivity index (χ0v) is 18.1. The summed E-state index contributed by atoms with van der Waals surface area (Å²) in [6, 6.07) is 14.6. The van der Waals surface area contributed by atoms with Crippen molar-refractivity contribution in [1.82, 2.24) is 10.2 Å². The second-order valence-corrected chi connectivity index (χ2v) is 8.24. The van der Waals surface area contributed by atoms with Crippen molar-refractivity contribution in [2.24, 2.45) is 0 Å². The van der Waals surface area contributed by atoms with Crippen molar-refractivity contribution in [1.29, 1.82) is 0 Å². The third-order valence-corrected chi connectivity index (χ3v) is 4.93. The lowest BCUT2D eigenvalue weighted by atomic mass is 9.87. The minimum Gasteiger partial charge on any atom is -0.481 e. The van der Waals surface area contributed by atoms with E-state index in [2.05, 4.69) is 26.1 Å². The van der Waals surface area contributed by atoms with Gasteiger partial charge in [0.1, 0.15) is 0 Å². The highest BCUT2D eigenvalue weighted by atomic mass is 16.4. The van der Waals surface area contributed by atoms with Crippen molar-refractivity contribution >= 4 is 17.8 Å². The van der Waals surface area contributed by atoms with E-state index in [9.17, 15) is 14.4 Å². The van der Waals surface area contributed by atoms with Crippen LogP contribution < -0.4 is 5.32 Å². The van der Waals surface area contributed by atoms with Gasteiger partial charge in [-0.15, -0.1) is 0 Å². The minimum absolute atomic E-state index is 0.0369. The van der Waals surface area contributed by atoms with E-state index in [-0.39, 0.29) is 30.2 Å². The second-order valence-electron chi connectivity index (χ2n) is 8.24. The summed E-state index contributed by atoms with van der Waals surface area (Å²) in [4.78, 5) is 37.1. The number of benzene rings is 2. The quantitative estimate of drug-likeness (QED) is 0.692. The average molecular weight is 411 g/mol. The van der Waals surface area contributed by atoms with E-state index in [1.807, 2.05) is 31.2 Å². The number of hydrogen-bond donors (Lipinski definition) is 2. The maximum atomic E-state index is 12.5.